The molecule has 2 atom stereocenters. The number of nitrogens with zero attached hydrogens (tertiary/aromatic N) is 2. The Morgan fingerprint density at radius 3 is 2.67 bits per heavy atom. The molecule has 0 spiro atoms. The third-order valence-electron chi connectivity index (χ3n) is 3.75. The van der Waals surface area contributed by atoms with Crippen molar-refractivity contribution in [1.29, 1.82) is 0 Å². The maximum Gasteiger partial charge on any atom is 0.246 e. The Morgan fingerprint density at radius 2 is 2.14 bits per heavy atom. The van der Waals surface area contributed by atoms with Gasteiger partial charge in [0.15, 0.2) is 0 Å². The minimum Gasteiger partial charge on any atom is -0.342 e. The summed E-state index contributed by atoms with van der Waals surface area (Å²) < 4.78 is 0. The van der Waals surface area contributed by atoms with Crippen LogP contribution in [0, 0.1) is 12.8 Å². The van der Waals surface area contributed by atoms with Crippen LogP contribution < -0.4 is 5.32 Å². The minimum atomic E-state index is -0.426. The van der Waals surface area contributed by atoms with Gasteiger partial charge in [-0.3, -0.25) is 9.59 Å². The summed E-state index contributed by atoms with van der Waals surface area (Å²) in [6, 6.07) is -0.801. The van der Waals surface area contributed by atoms with Gasteiger partial charge in [-0.2, -0.15) is 0 Å². The number of amides is 2. The third kappa shape index (κ3) is 3.43. The van der Waals surface area contributed by atoms with E-state index in [-0.39, 0.29) is 23.8 Å². The Labute approximate surface area is 129 Å². The Bertz CT molecular complexity index is 527. The van der Waals surface area contributed by atoms with Crippen LogP contribution in [-0.4, -0.2) is 33.8 Å². The van der Waals surface area contributed by atoms with Crippen LogP contribution in [-0.2, 0) is 16.1 Å². The lowest BCUT2D eigenvalue weighted by Gasteiger charge is -2.40. The first-order valence-corrected chi connectivity index (χ1v) is 8.33. The standard InChI is InChI=1S/C15H23N3O2S/c1-5-6-12-14(19)17-13(9(2)3)15(20)18(12)7-11-8-21-10(4)16-11/h8-9,12-13H,5-7H2,1-4H3,(H,17,19). The highest BCUT2D eigenvalue weighted by atomic mass is 32.1. The molecule has 2 unspecified atom stereocenters. The first-order chi connectivity index (χ1) is 9.93. The smallest absolute Gasteiger partial charge is 0.246 e. The predicted molar refractivity (Wildman–Crippen MR) is 82.9 cm³/mol. The summed E-state index contributed by atoms with van der Waals surface area (Å²) in [5.41, 5.74) is 0.865. The van der Waals surface area contributed by atoms with Gasteiger partial charge in [-0.25, -0.2) is 4.98 Å². The fourth-order valence-corrected chi connectivity index (χ4v) is 3.24. The fourth-order valence-electron chi connectivity index (χ4n) is 2.64. The van der Waals surface area contributed by atoms with Crippen molar-refractivity contribution in [2.24, 2.45) is 5.92 Å². The highest BCUT2D eigenvalue weighted by molar-refractivity contribution is 7.09. The molecule has 0 bridgehead atoms. The third-order valence-corrected chi connectivity index (χ3v) is 4.58. The largest absolute Gasteiger partial charge is 0.342 e. The molecule has 2 amide bonds. The number of hydrogen-bond donors (Lipinski definition) is 1. The number of rotatable bonds is 5. The molecule has 5 nitrogen and oxygen atoms in total. The van der Waals surface area contributed by atoms with Gasteiger partial charge in [0.25, 0.3) is 0 Å². The summed E-state index contributed by atoms with van der Waals surface area (Å²) in [5, 5.41) is 5.81. The molecule has 0 aliphatic carbocycles. The molecule has 6 heteroatoms. The van der Waals surface area contributed by atoms with Gasteiger partial charge in [-0.15, -0.1) is 11.3 Å². The van der Waals surface area contributed by atoms with Crippen LogP contribution in [0.3, 0.4) is 0 Å². The molecular weight excluding hydrogens is 286 g/mol. The summed E-state index contributed by atoms with van der Waals surface area (Å²) in [6.07, 6.45) is 1.55. The lowest BCUT2D eigenvalue weighted by molar-refractivity contribution is -0.151. The number of piperazine rings is 1. The summed E-state index contributed by atoms with van der Waals surface area (Å²) in [4.78, 5) is 31.2. The number of thiazole rings is 1. The van der Waals surface area contributed by atoms with Crippen LogP contribution in [0.5, 0.6) is 0 Å². The van der Waals surface area contributed by atoms with E-state index in [4.69, 9.17) is 0 Å². The molecule has 1 aliphatic rings. The van der Waals surface area contributed by atoms with Gasteiger partial charge < -0.3 is 10.2 Å². The molecule has 1 N–H and O–H groups in total. The van der Waals surface area contributed by atoms with Gasteiger partial charge in [0, 0.05) is 5.38 Å². The maximum absolute atomic E-state index is 12.7. The molecule has 1 fully saturated rings. The van der Waals surface area contributed by atoms with Gasteiger partial charge >= 0.3 is 0 Å². The summed E-state index contributed by atoms with van der Waals surface area (Å²) in [6.45, 7) is 8.30. The lowest BCUT2D eigenvalue weighted by atomic mass is 9.96. The van der Waals surface area contributed by atoms with E-state index in [9.17, 15) is 9.59 Å². The zero-order chi connectivity index (χ0) is 15.6. The minimum absolute atomic E-state index is 0.00806. The molecule has 0 radical (unpaired) electrons. The SMILES string of the molecule is CCCC1C(=O)NC(C(C)C)C(=O)N1Cc1csc(C)n1. The van der Waals surface area contributed by atoms with E-state index in [0.717, 1.165) is 17.1 Å². The normalized spacial score (nSPS) is 22.8. The maximum atomic E-state index is 12.7. The number of aromatic nitrogens is 1. The topological polar surface area (TPSA) is 62.3 Å². The highest BCUT2D eigenvalue weighted by Crippen LogP contribution is 2.21. The number of hydrogen-bond acceptors (Lipinski definition) is 4. The van der Waals surface area contributed by atoms with Crippen molar-refractivity contribution in [2.75, 3.05) is 0 Å². The van der Waals surface area contributed by atoms with Crippen molar-refractivity contribution >= 4 is 23.2 Å². The molecule has 21 heavy (non-hydrogen) atoms. The van der Waals surface area contributed by atoms with Crippen molar-refractivity contribution in [3.63, 3.8) is 0 Å². The van der Waals surface area contributed by atoms with Crippen LogP contribution >= 0.6 is 11.3 Å². The van der Waals surface area contributed by atoms with Crippen molar-refractivity contribution < 1.29 is 9.59 Å². The first-order valence-electron chi connectivity index (χ1n) is 7.45. The van der Waals surface area contributed by atoms with Crippen LogP contribution in [0.4, 0.5) is 0 Å². The number of nitrogens with one attached hydrogen (secondary N) is 1. The van der Waals surface area contributed by atoms with Gasteiger partial charge in [0.05, 0.1) is 17.2 Å². The van der Waals surface area contributed by atoms with Crippen LogP contribution in [0.15, 0.2) is 5.38 Å². The van der Waals surface area contributed by atoms with E-state index < -0.39 is 6.04 Å². The van der Waals surface area contributed by atoms with Crippen LogP contribution in [0.2, 0.25) is 0 Å². The Morgan fingerprint density at radius 1 is 1.43 bits per heavy atom. The average molecular weight is 309 g/mol. The zero-order valence-corrected chi connectivity index (χ0v) is 13.9. The highest BCUT2D eigenvalue weighted by Gasteiger charge is 2.41. The molecule has 2 rings (SSSR count). The van der Waals surface area contributed by atoms with Gasteiger partial charge in [-0.1, -0.05) is 27.2 Å². The van der Waals surface area contributed by atoms with E-state index in [1.807, 2.05) is 33.1 Å². The molecule has 1 aromatic heterocycles. The fraction of sp³-hybridized carbons (Fsp3) is 0.667. The quantitative estimate of drug-likeness (QED) is 0.906. The lowest BCUT2D eigenvalue weighted by Crippen LogP contribution is -2.64. The van der Waals surface area contributed by atoms with Crippen LogP contribution in [0.25, 0.3) is 0 Å². The molecule has 2 heterocycles. The summed E-state index contributed by atoms with van der Waals surface area (Å²) in [5.74, 6) is 0.0551. The second-order valence-corrected chi connectivity index (χ2v) is 6.92. The Balaban J connectivity index is 2.25. The van der Waals surface area contributed by atoms with Crippen molar-refractivity contribution in [1.82, 2.24) is 15.2 Å². The van der Waals surface area contributed by atoms with Gasteiger partial charge in [0.2, 0.25) is 11.8 Å². The van der Waals surface area contributed by atoms with Crippen molar-refractivity contribution in [3.8, 4) is 0 Å². The average Bonchev–Trinajstić information content (AvgIpc) is 2.83. The monoisotopic (exact) mass is 309 g/mol. The van der Waals surface area contributed by atoms with Crippen molar-refractivity contribution in [2.45, 2.75) is 59.2 Å². The molecule has 116 valence electrons. The van der Waals surface area contributed by atoms with E-state index in [1.165, 1.54) is 0 Å². The number of aryl methyl sites for hydroxylation is 1. The second kappa shape index (κ2) is 6.56. The molecule has 1 aromatic rings. The number of carbonyl (C=O) groups excluding carboxylic acids is 2. The van der Waals surface area contributed by atoms with E-state index >= 15 is 0 Å². The van der Waals surface area contributed by atoms with E-state index in [1.54, 1.807) is 16.2 Å². The molecule has 0 aromatic carbocycles. The van der Waals surface area contributed by atoms with Crippen LogP contribution in [0.1, 0.15) is 44.3 Å². The van der Waals surface area contributed by atoms with Crippen molar-refractivity contribution in [3.05, 3.63) is 16.1 Å². The molecule has 1 saturated heterocycles. The van der Waals surface area contributed by atoms with Gasteiger partial charge in [0.1, 0.15) is 12.1 Å². The predicted octanol–water partition coefficient (Wildman–Crippen LogP) is 2.10. The molecular formula is C15H23N3O2S. The summed E-state index contributed by atoms with van der Waals surface area (Å²) in [7, 11) is 0. The van der Waals surface area contributed by atoms with E-state index in [2.05, 4.69) is 10.3 Å². The Hall–Kier alpha value is -1.43. The molecule has 0 saturated carbocycles. The van der Waals surface area contributed by atoms with E-state index in [0.29, 0.717) is 13.0 Å². The molecule has 1 aliphatic heterocycles. The Kier molecular flexibility index (Phi) is 4.98. The number of carbonyl (C=O) groups is 2. The summed E-state index contributed by atoms with van der Waals surface area (Å²) >= 11 is 1.57. The van der Waals surface area contributed by atoms with Gasteiger partial charge in [-0.05, 0) is 19.3 Å². The zero-order valence-electron chi connectivity index (χ0n) is 13.0. The second-order valence-electron chi connectivity index (χ2n) is 5.86. The first kappa shape index (κ1) is 15.9.